The Balaban J connectivity index is 3.84. The van der Waals surface area contributed by atoms with E-state index < -0.39 is 0 Å². The standard InChI is InChI=1S/C9H18BrNO/c1-7(9(2,3)4)11-8(12)5-6-10/h7H,5-6H2,1-4H3,(H,11,12). The number of nitrogens with one attached hydrogen (secondary N) is 1. The van der Waals surface area contributed by atoms with E-state index in [0.717, 1.165) is 5.33 Å². The molecule has 0 bridgehead atoms. The average molecular weight is 236 g/mol. The molecule has 3 heteroatoms. The van der Waals surface area contributed by atoms with Crippen LogP contribution in [0.3, 0.4) is 0 Å². The molecule has 0 saturated heterocycles. The molecule has 0 heterocycles. The molecule has 0 aliphatic rings. The lowest BCUT2D eigenvalue weighted by Crippen LogP contribution is -2.41. The minimum atomic E-state index is 0.120. The van der Waals surface area contributed by atoms with Crippen LogP contribution in [0.25, 0.3) is 0 Å². The quantitative estimate of drug-likeness (QED) is 0.748. The predicted molar refractivity (Wildman–Crippen MR) is 55.5 cm³/mol. The summed E-state index contributed by atoms with van der Waals surface area (Å²) >= 11 is 3.23. The van der Waals surface area contributed by atoms with E-state index in [9.17, 15) is 4.79 Å². The maximum Gasteiger partial charge on any atom is 0.221 e. The van der Waals surface area contributed by atoms with Gasteiger partial charge in [0.15, 0.2) is 0 Å². The summed E-state index contributed by atoms with van der Waals surface area (Å²) in [7, 11) is 0. The number of alkyl halides is 1. The molecule has 0 aromatic carbocycles. The van der Waals surface area contributed by atoms with Crippen LogP contribution in [0.5, 0.6) is 0 Å². The molecule has 1 amide bonds. The van der Waals surface area contributed by atoms with E-state index in [-0.39, 0.29) is 17.4 Å². The summed E-state index contributed by atoms with van der Waals surface area (Å²) in [6, 6.07) is 0.226. The first-order valence-electron chi connectivity index (χ1n) is 4.23. The van der Waals surface area contributed by atoms with Gasteiger partial charge in [-0.25, -0.2) is 0 Å². The Labute approximate surface area is 83.2 Å². The van der Waals surface area contributed by atoms with Crippen LogP contribution in [-0.4, -0.2) is 17.3 Å². The van der Waals surface area contributed by atoms with E-state index >= 15 is 0 Å². The third kappa shape index (κ3) is 4.75. The fourth-order valence-electron chi connectivity index (χ4n) is 0.616. The molecule has 0 aliphatic carbocycles. The third-order valence-corrected chi connectivity index (χ3v) is 2.39. The van der Waals surface area contributed by atoms with Gasteiger partial charge in [0.25, 0.3) is 0 Å². The Morgan fingerprint density at radius 3 is 2.33 bits per heavy atom. The molecule has 0 aliphatic heterocycles. The fourth-order valence-corrected chi connectivity index (χ4v) is 0.976. The van der Waals surface area contributed by atoms with Crippen molar-refractivity contribution in [2.75, 3.05) is 5.33 Å². The normalized spacial score (nSPS) is 14.1. The molecule has 12 heavy (non-hydrogen) atoms. The van der Waals surface area contributed by atoms with E-state index in [1.807, 2.05) is 6.92 Å². The summed E-state index contributed by atoms with van der Waals surface area (Å²) in [5.74, 6) is 0.120. The molecule has 2 nitrogen and oxygen atoms in total. The average Bonchev–Trinajstić information content (AvgIpc) is 1.85. The maximum absolute atomic E-state index is 11.2. The molecular formula is C9H18BrNO. The Morgan fingerprint density at radius 1 is 1.50 bits per heavy atom. The van der Waals surface area contributed by atoms with E-state index in [2.05, 4.69) is 42.0 Å². The Bertz CT molecular complexity index is 151. The molecule has 1 unspecified atom stereocenters. The lowest BCUT2D eigenvalue weighted by molar-refractivity contribution is -0.121. The van der Waals surface area contributed by atoms with Gasteiger partial charge < -0.3 is 5.32 Å². The van der Waals surface area contributed by atoms with Crippen molar-refractivity contribution >= 4 is 21.8 Å². The van der Waals surface area contributed by atoms with Gasteiger partial charge >= 0.3 is 0 Å². The number of rotatable bonds is 3. The zero-order valence-corrected chi connectivity index (χ0v) is 9.86. The number of hydrogen-bond acceptors (Lipinski definition) is 1. The van der Waals surface area contributed by atoms with Crippen molar-refractivity contribution in [2.45, 2.75) is 40.2 Å². The fraction of sp³-hybridized carbons (Fsp3) is 0.889. The summed E-state index contributed by atoms with van der Waals surface area (Å²) in [4.78, 5) is 11.2. The van der Waals surface area contributed by atoms with Crippen molar-refractivity contribution in [3.05, 3.63) is 0 Å². The molecule has 0 aromatic heterocycles. The minimum absolute atomic E-state index is 0.120. The van der Waals surface area contributed by atoms with Crippen LogP contribution in [0.2, 0.25) is 0 Å². The number of carbonyl (C=O) groups excluding carboxylic acids is 1. The molecule has 0 radical (unpaired) electrons. The Morgan fingerprint density at radius 2 is 2.00 bits per heavy atom. The first-order chi connectivity index (χ1) is 5.38. The molecule has 72 valence electrons. The molecule has 1 N–H and O–H groups in total. The van der Waals surface area contributed by atoms with Crippen LogP contribution in [0.4, 0.5) is 0 Å². The zero-order chi connectivity index (χ0) is 9.78. The van der Waals surface area contributed by atoms with E-state index in [1.165, 1.54) is 0 Å². The van der Waals surface area contributed by atoms with Crippen molar-refractivity contribution in [3.8, 4) is 0 Å². The maximum atomic E-state index is 11.2. The van der Waals surface area contributed by atoms with E-state index in [4.69, 9.17) is 0 Å². The van der Waals surface area contributed by atoms with Crippen LogP contribution in [-0.2, 0) is 4.79 Å². The van der Waals surface area contributed by atoms with Crippen LogP contribution >= 0.6 is 15.9 Å². The molecule has 0 spiro atoms. The monoisotopic (exact) mass is 235 g/mol. The Hall–Kier alpha value is -0.0500. The van der Waals surface area contributed by atoms with Gasteiger partial charge in [0.2, 0.25) is 5.91 Å². The number of halogens is 1. The predicted octanol–water partition coefficient (Wildman–Crippen LogP) is 2.32. The van der Waals surface area contributed by atoms with Crippen LogP contribution < -0.4 is 5.32 Å². The van der Waals surface area contributed by atoms with Crippen molar-refractivity contribution < 1.29 is 4.79 Å². The van der Waals surface area contributed by atoms with Crippen molar-refractivity contribution in [2.24, 2.45) is 5.41 Å². The highest BCUT2D eigenvalue weighted by atomic mass is 79.9. The van der Waals surface area contributed by atoms with Gasteiger partial charge in [-0.2, -0.15) is 0 Å². The number of hydrogen-bond donors (Lipinski definition) is 1. The first-order valence-corrected chi connectivity index (χ1v) is 5.35. The smallest absolute Gasteiger partial charge is 0.221 e. The second-order valence-electron chi connectivity index (χ2n) is 4.09. The topological polar surface area (TPSA) is 29.1 Å². The highest BCUT2D eigenvalue weighted by Crippen LogP contribution is 2.18. The van der Waals surface area contributed by atoms with Crippen LogP contribution in [0.15, 0.2) is 0 Å². The second kappa shape index (κ2) is 4.85. The van der Waals surface area contributed by atoms with Gasteiger partial charge in [0.05, 0.1) is 0 Å². The first kappa shape index (κ1) is 11.9. The Kier molecular flexibility index (Phi) is 4.83. The lowest BCUT2D eigenvalue weighted by atomic mass is 9.88. The lowest BCUT2D eigenvalue weighted by Gasteiger charge is -2.27. The summed E-state index contributed by atoms with van der Waals surface area (Å²) in [6.07, 6.45) is 0.556. The molecule has 0 aromatic rings. The van der Waals surface area contributed by atoms with Crippen LogP contribution in [0.1, 0.15) is 34.1 Å². The molecule has 0 fully saturated rings. The number of carbonyl (C=O) groups is 1. The third-order valence-electron chi connectivity index (χ3n) is 2.00. The summed E-state index contributed by atoms with van der Waals surface area (Å²) < 4.78 is 0. The summed E-state index contributed by atoms with van der Waals surface area (Å²) in [6.45, 7) is 8.39. The van der Waals surface area contributed by atoms with Crippen molar-refractivity contribution in [1.82, 2.24) is 5.32 Å². The second-order valence-corrected chi connectivity index (χ2v) is 4.89. The van der Waals surface area contributed by atoms with Gasteiger partial charge in [0.1, 0.15) is 0 Å². The van der Waals surface area contributed by atoms with Crippen molar-refractivity contribution in [3.63, 3.8) is 0 Å². The van der Waals surface area contributed by atoms with Gasteiger partial charge in [-0.1, -0.05) is 36.7 Å². The van der Waals surface area contributed by atoms with E-state index in [1.54, 1.807) is 0 Å². The highest BCUT2D eigenvalue weighted by Gasteiger charge is 2.20. The van der Waals surface area contributed by atoms with Gasteiger partial charge in [-0.3, -0.25) is 4.79 Å². The molecule has 1 atom stereocenters. The number of amides is 1. The molecular weight excluding hydrogens is 218 g/mol. The van der Waals surface area contributed by atoms with Gasteiger partial charge in [-0.05, 0) is 12.3 Å². The summed E-state index contributed by atoms with van der Waals surface area (Å²) in [5.41, 5.74) is 0.141. The summed E-state index contributed by atoms with van der Waals surface area (Å²) in [5, 5.41) is 3.68. The zero-order valence-electron chi connectivity index (χ0n) is 8.28. The van der Waals surface area contributed by atoms with E-state index in [0.29, 0.717) is 6.42 Å². The van der Waals surface area contributed by atoms with Gasteiger partial charge in [0, 0.05) is 17.8 Å². The molecule has 0 rings (SSSR count). The van der Waals surface area contributed by atoms with Crippen molar-refractivity contribution in [1.29, 1.82) is 0 Å². The van der Waals surface area contributed by atoms with Gasteiger partial charge in [-0.15, -0.1) is 0 Å². The largest absolute Gasteiger partial charge is 0.353 e. The van der Waals surface area contributed by atoms with Crippen LogP contribution in [0, 0.1) is 5.41 Å². The SMILES string of the molecule is CC(NC(=O)CCBr)C(C)(C)C. The minimum Gasteiger partial charge on any atom is -0.353 e. The highest BCUT2D eigenvalue weighted by molar-refractivity contribution is 9.09. The molecule has 0 saturated carbocycles.